The lowest BCUT2D eigenvalue weighted by Crippen LogP contribution is -2.38. The summed E-state index contributed by atoms with van der Waals surface area (Å²) in [6.07, 6.45) is 0. The third-order valence-electron chi connectivity index (χ3n) is 3.42. The molecule has 0 aliphatic carbocycles. The summed E-state index contributed by atoms with van der Waals surface area (Å²) in [6.45, 7) is 8.26. The van der Waals surface area contributed by atoms with E-state index in [9.17, 15) is 0 Å². The van der Waals surface area contributed by atoms with E-state index in [1.165, 1.54) is 10.8 Å². The van der Waals surface area contributed by atoms with Crippen molar-refractivity contribution in [2.24, 2.45) is 5.92 Å². The summed E-state index contributed by atoms with van der Waals surface area (Å²) in [4.78, 5) is 0. The zero-order valence-electron chi connectivity index (χ0n) is 12.0. The Morgan fingerprint density at radius 1 is 1.05 bits per heavy atom. The van der Waals surface area contributed by atoms with Crippen LogP contribution < -0.4 is 10.1 Å². The molecule has 0 amide bonds. The number of nitrogens with one attached hydrogen (secondary N) is 1. The third kappa shape index (κ3) is 3.71. The molecule has 1 N–H and O–H groups in total. The fourth-order valence-electron chi connectivity index (χ4n) is 2.19. The zero-order chi connectivity index (χ0) is 13.7. The Labute approximate surface area is 115 Å². The van der Waals surface area contributed by atoms with Crippen LogP contribution in [0.15, 0.2) is 42.5 Å². The van der Waals surface area contributed by atoms with Crippen molar-refractivity contribution in [1.29, 1.82) is 0 Å². The van der Waals surface area contributed by atoms with Gasteiger partial charge in [-0.2, -0.15) is 0 Å². The van der Waals surface area contributed by atoms with E-state index in [4.69, 9.17) is 4.74 Å². The maximum absolute atomic E-state index is 5.93. The normalized spacial score (nSPS) is 12.8. The van der Waals surface area contributed by atoms with Crippen molar-refractivity contribution in [3.05, 3.63) is 42.5 Å². The Hall–Kier alpha value is -1.54. The molecule has 0 aromatic heterocycles. The van der Waals surface area contributed by atoms with E-state index in [0.29, 0.717) is 18.6 Å². The fourth-order valence-corrected chi connectivity index (χ4v) is 2.19. The van der Waals surface area contributed by atoms with Gasteiger partial charge in [-0.3, -0.25) is 0 Å². The zero-order valence-corrected chi connectivity index (χ0v) is 12.0. The van der Waals surface area contributed by atoms with Gasteiger partial charge in [0.15, 0.2) is 0 Å². The maximum atomic E-state index is 5.93. The summed E-state index contributed by atoms with van der Waals surface area (Å²) >= 11 is 0. The smallest absolute Gasteiger partial charge is 0.120 e. The van der Waals surface area contributed by atoms with E-state index in [1.807, 2.05) is 6.07 Å². The highest BCUT2D eigenvalue weighted by atomic mass is 16.5. The van der Waals surface area contributed by atoms with Gasteiger partial charge in [0.2, 0.25) is 0 Å². The first-order valence-electron chi connectivity index (χ1n) is 7.05. The molecule has 2 nitrogen and oxygen atoms in total. The Balaban J connectivity index is 2.04. The summed E-state index contributed by atoms with van der Waals surface area (Å²) in [5, 5.41) is 5.94. The van der Waals surface area contributed by atoms with Crippen LogP contribution in [0.25, 0.3) is 10.8 Å². The number of hydrogen-bond acceptors (Lipinski definition) is 2. The number of hydrogen-bond donors (Lipinski definition) is 1. The van der Waals surface area contributed by atoms with E-state index in [-0.39, 0.29) is 0 Å². The molecule has 0 fully saturated rings. The third-order valence-corrected chi connectivity index (χ3v) is 3.42. The lowest BCUT2D eigenvalue weighted by molar-refractivity contribution is 0.232. The fraction of sp³-hybridized carbons (Fsp3) is 0.412. The van der Waals surface area contributed by atoms with Gasteiger partial charge in [-0.1, -0.05) is 51.1 Å². The summed E-state index contributed by atoms with van der Waals surface area (Å²) in [6, 6.07) is 15.0. The molecule has 2 aromatic rings. The Bertz CT molecular complexity index is 521. The van der Waals surface area contributed by atoms with Crippen molar-refractivity contribution in [2.75, 3.05) is 13.2 Å². The van der Waals surface area contributed by atoms with Gasteiger partial charge in [0.05, 0.1) is 0 Å². The minimum absolute atomic E-state index is 0.400. The molecule has 0 spiro atoms. The van der Waals surface area contributed by atoms with Crippen LogP contribution in [0.4, 0.5) is 0 Å². The Kier molecular flexibility index (Phi) is 4.80. The highest BCUT2D eigenvalue weighted by molar-refractivity contribution is 5.83. The summed E-state index contributed by atoms with van der Waals surface area (Å²) < 4.78 is 5.93. The van der Waals surface area contributed by atoms with Crippen LogP contribution in [-0.2, 0) is 0 Å². The van der Waals surface area contributed by atoms with Crippen LogP contribution in [0, 0.1) is 5.92 Å². The first kappa shape index (κ1) is 13.9. The molecule has 0 saturated heterocycles. The van der Waals surface area contributed by atoms with E-state index >= 15 is 0 Å². The molecule has 1 unspecified atom stereocenters. The van der Waals surface area contributed by atoms with Gasteiger partial charge in [-0.25, -0.2) is 0 Å². The van der Waals surface area contributed by atoms with Crippen molar-refractivity contribution in [3.63, 3.8) is 0 Å². The van der Waals surface area contributed by atoms with Gasteiger partial charge in [0, 0.05) is 6.04 Å². The Morgan fingerprint density at radius 2 is 1.79 bits per heavy atom. The largest absolute Gasteiger partial charge is 0.492 e. The van der Waals surface area contributed by atoms with E-state index in [0.717, 1.165) is 12.3 Å². The van der Waals surface area contributed by atoms with Crippen LogP contribution in [0.1, 0.15) is 20.8 Å². The van der Waals surface area contributed by atoms with Crippen molar-refractivity contribution in [2.45, 2.75) is 26.8 Å². The molecule has 2 aromatic carbocycles. The van der Waals surface area contributed by atoms with Crippen LogP contribution >= 0.6 is 0 Å². The van der Waals surface area contributed by atoms with Gasteiger partial charge >= 0.3 is 0 Å². The van der Waals surface area contributed by atoms with Gasteiger partial charge in [-0.15, -0.1) is 0 Å². The number of ether oxygens (including phenoxy) is 1. The predicted molar refractivity (Wildman–Crippen MR) is 81.7 cm³/mol. The molecule has 102 valence electrons. The lowest BCUT2D eigenvalue weighted by Gasteiger charge is -2.22. The van der Waals surface area contributed by atoms with E-state index in [1.54, 1.807) is 0 Å². The monoisotopic (exact) mass is 257 g/mol. The molecule has 0 radical (unpaired) electrons. The number of rotatable bonds is 6. The second kappa shape index (κ2) is 6.58. The van der Waals surface area contributed by atoms with Crippen LogP contribution in [0.2, 0.25) is 0 Å². The topological polar surface area (TPSA) is 21.3 Å². The van der Waals surface area contributed by atoms with Crippen molar-refractivity contribution >= 4 is 10.8 Å². The summed E-state index contributed by atoms with van der Waals surface area (Å²) in [5.74, 6) is 1.52. The lowest BCUT2D eigenvalue weighted by atomic mass is 10.1. The molecule has 2 heteroatoms. The van der Waals surface area contributed by atoms with Crippen molar-refractivity contribution < 1.29 is 4.74 Å². The molecule has 0 bridgehead atoms. The molecule has 1 atom stereocenters. The molecular formula is C17H23NO. The molecule has 0 saturated carbocycles. The predicted octanol–water partition coefficient (Wildman–Crippen LogP) is 3.85. The first-order valence-corrected chi connectivity index (χ1v) is 7.05. The van der Waals surface area contributed by atoms with Crippen molar-refractivity contribution in [3.8, 4) is 5.75 Å². The molecular weight excluding hydrogens is 234 g/mol. The maximum Gasteiger partial charge on any atom is 0.120 e. The molecule has 2 rings (SSSR count). The second-order valence-electron chi connectivity index (χ2n) is 5.23. The summed E-state index contributed by atoms with van der Waals surface area (Å²) in [5.41, 5.74) is 0. The minimum Gasteiger partial charge on any atom is -0.492 e. The minimum atomic E-state index is 0.400. The second-order valence-corrected chi connectivity index (χ2v) is 5.23. The van der Waals surface area contributed by atoms with E-state index < -0.39 is 0 Å². The SMILES string of the molecule is CCNC(COc1ccc2ccccc2c1)C(C)C. The average Bonchev–Trinajstić information content (AvgIpc) is 2.43. The number of likely N-dealkylation sites (N-methyl/N-ethyl adjacent to an activating group) is 1. The first-order chi connectivity index (χ1) is 9.20. The molecule has 0 heterocycles. The molecule has 0 aliphatic rings. The van der Waals surface area contributed by atoms with E-state index in [2.05, 4.69) is 62.5 Å². The highest BCUT2D eigenvalue weighted by Gasteiger charge is 2.12. The van der Waals surface area contributed by atoms with Crippen LogP contribution in [0.5, 0.6) is 5.75 Å². The van der Waals surface area contributed by atoms with Gasteiger partial charge in [0.25, 0.3) is 0 Å². The molecule has 0 aliphatic heterocycles. The summed E-state index contributed by atoms with van der Waals surface area (Å²) in [7, 11) is 0. The van der Waals surface area contributed by atoms with Gasteiger partial charge in [0.1, 0.15) is 12.4 Å². The quantitative estimate of drug-likeness (QED) is 0.848. The Morgan fingerprint density at radius 3 is 2.47 bits per heavy atom. The standard InChI is InChI=1S/C17H23NO/c1-4-18-17(13(2)3)12-19-16-10-9-14-7-5-6-8-15(14)11-16/h5-11,13,17-18H,4,12H2,1-3H3. The van der Waals surface area contributed by atoms with Crippen LogP contribution in [-0.4, -0.2) is 19.2 Å². The molecule has 19 heavy (non-hydrogen) atoms. The van der Waals surface area contributed by atoms with Crippen LogP contribution in [0.3, 0.4) is 0 Å². The number of fused-ring (bicyclic) bond motifs is 1. The highest BCUT2D eigenvalue weighted by Crippen LogP contribution is 2.21. The average molecular weight is 257 g/mol. The van der Waals surface area contributed by atoms with Gasteiger partial charge in [-0.05, 0) is 35.4 Å². The number of benzene rings is 2. The van der Waals surface area contributed by atoms with Crippen molar-refractivity contribution in [1.82, 2.24) is 5.32 Å². The van der Waals surface area contributed by atoms with Gasteiger partial charge < -0.3 is 10.1 Å².